The van der Waals surface area contributed by atoms with Gasteiger partial charge in [0.15, 0.2) is 0 Å². The Morgan fingerprint density at radius 1 is 1.50 bits per heavy atom. The van der Waals surface area contributed by atoms with Gasteiger partial charge in [0.05, 0.1) is 10.5 Å². The Hall–Kier alpha value is -2.15. The van der Waals surface area contributed by atoms with E-state index in [1.807, 2.05) is 6.92 Å². The summed E-state index contributed by atoms with van der Waals surface area (Å²) in [5.41, 5.74) is -0.0344. The first-order valence-corrected chi connectivity index (χ1v) is 6.36. The minimum Gasteiger partial charge on any atom is -0.478 e. The molecule has 1 unspecified atom stereocenters. The molecule has 3 N–H and O–H groups in total. The third-order valence-electron chi connectivity index (χ3n) is 3.14. The summed E-state index contributed by atoms with van der Waals surface area (Å²) in [4.78, 5) is 21.2. The van der Waals surface area contributed by atoms with E-state index in [2.05, 4.69) is 5.32 Å². The maximum absolute atomic E-state index is 11.1. The summed E-state index contributed by atoms with van der Waals surface area (Å²) in [6.07, 6.45) is 1.47. The van der Waals surface area contributed by atoms with E-state index < -0.39 is 10.9 Å². The number of hydrogen-bond donors (Lipinski definition) is 3. The minimum atomic E-state index is -1.22. The summed E-state index contributed by atoms with van der Waals surface area (Å²) in [6, 6.07) is 3.70. The van der Waals surface area contributed by atoms with Gasteiger partial charge in [-0.05, 0) is 18.4 Å². The molecular weight excluding hydrogens is 264 g/mol. The summed E-state index contributed by atoms with van der Waals surface area (Å²) in [5.74, 6) is -0.997. The average Bonchev–Trinajstić information content (AvgIpc) is 2.42. The molecule has 0 spiro atoms. The van der Waals surface area contributed by atoms with Crippen LogP contribution in [0, 0.1) is 16.0 Å². The molecular formula is C13H18N2O5. The Labute approximate surface area is 116 Å². The molecule has 0 fully saturated rings. The van der Waals surface area contributed by atoms with Gasteiger partial charge in [0.1, 0.15) is 0 Å². The van der Waals surface area contributed by atoms with Gasteiger partial charge in [-0.2, -0.15) is 0 Å². The SMILES string of the molecule is CCC(CCO)CNc1ccc([N+](=O)[O-])cc1C(=O)O. The van der Waals surface area contributed by atoms with Gasteiger partial charge in [0.25, 0.3) is 5.69 Å². The van der Waals surface area contributed by atoms with E-state index in [0.29, 0.717) is 18.7 Å². The van der Waals surface area contributed by atoms with Crippen LogP contribution in [0.4, 0.5) is 11.4 Å². The number of nitro benzene ring substituents is 1. The normalized spacial score (nSPS) is 11.9. The fraction of sp³-hybridized carbons (Fsp3) is 0.462. The van der Waals surface area contributed by atoms with Crippen molar-refractivity contribution in [2.24, 2.45) is 5.92 Å². The lowest BCUT2D eigenvalue weighted by molar-refractivity contribution is -0.384. The number of nitrogens with zero attached hydrogens (tertiary/aromatic N) is 1. The van der Waals surface area contributed by atoms with Crippen LogP contribution in [0.2, 0.25) is 0 Å². The van der Waals surface area contributed by atoms with Gasteiger partial charge in [-0.1, -0.05) is 13.3 Å². The smallest absolute Gasteiger partial charge is 0.338 e. The monoisotopic (exact) mass is 282 g/mol. The third kappa shape index (κ3) is 4.20. The van der Waals surface area contributed by atoms with Gasteiger partial charge in [-0.25, -0.2) is 4.79 Å². The molecule has 1 atom stereocenters. The fourth-order valence-corrected chi connectivity index (χ4v) is 1.86. The minimum absolute atomic E-state index is 0.0756. The van der Waals surface area contributed by atoms with Gasteiger partial charge in [-0.3, -0.25) is 10.1 Å². The van der Waals surface area contributed by atoms with Gasteiger partial charge in [0.2, 0.25) is 0 Å². The molecule has 1 rings (SSSR count). The molecule has 20 heavy (non-hydrogen) atoms. The van der Waals surface area contributed by atoms with E-state index in [1.54, 1.807) is 0 Å². The van der Waals surface area contributed by atoms with Gasteiger partial charge < -0.3 is 15.5 Å². The molecule has 0 saturated carbocycles. The highest BCUT2D eigenvalue weighted by Gasteiger charge is 2.16. The number of benzene rings is 1. The summed E-state index contributed by atoms with van der Waals surface area (Å²) in [5, 5.41) is 31.6. The van der Waals surface area contributed by atoms with Crippen molar-refractivity contribution in [1.82, 2.24) is 0 Å². The third-order valence-corrected chi connectivity index (χ3v) is 3.14. The fourth-order valence-electron chi connectivity index (χ4n) is 1.86. The van der Waals surface area contributed by atoms with Crippen LogP contribution in [-0.2, 0) is 0 Å². The van der Waals surface area contributed by atoms with Crippen molar-refractivity contribution in [3.63, 3.8) is 0 Å². The lowest BCUT2D eigenvalue weighted by Gasteiger charge is -2.16. The second kappa shape index (κ2) is 7.44. The number of nitro groups is 1. The number of carboxylic acids is 1. The molecule has 0 saturated heterocycles. The number of carboxylic acid groups (broad SMARTS) is 1. The molecule has 0 amide bonds. The van der Waals surface area contributed by atoms with Gasteiger partial charge in [-0.15, -0.1) is 0 Å². The molecule has 7 heteroatoms. The molecule has 0 aliphatic rings. The number of carbonyl (C=O) groups is 1. The van der Waals surface area contributed by atoms with Crippen LogP contribution in [0.1, 0.15) is 30.1 Å². The Morgan fingerprint density at radius 3 is 2.70 bits per heavy atom. The highest BCUT2D eigenvalue weighted by Crippen LogP contribution is 2.23. The van der Waals surface area contributed by atoms with Crippen LogP contribution >= 0.6 is 0 Å². The zero-order valence-corrected chi connectivity index (χ0v) is 11.2. The van der Waals surface area contributed by atoms with Crippen LogP contribution in [0.15, 0.2) is 18.2 Å². The number of aliphatic hydroxyl groups is 1. The maximum atomic E-state index is 11.1. The zero-order chi connectivity index (χ0) is 15.1. The van der Waals surface area contributed by atoms with E-state index >= 15 is 0 Å². The standard InChI is InChI=1S/C13H18N2O5/c1-2-9(5-6-16)8-14-12-4-3-10(15(19)20)7-11(12)13(17)18/h3-4,7,9,14,16H,2,5-6,8H2,1H3,(H,17,18). The highest BCUT2D eigenvalue weighted by molar-refractivity contribution is 5.95. The van der Waals surface area contributed by atoms with Crippen LogP contribution in [0.5, 0.6) is 0 Å². The van der Waals surface area contributed by atoms with Crippen LogP contribution in [-0.4, -0.2) is 34.3 Å². The van der Waals surface area contributed by atoms with Crippen molar-refractivity contribution in [1.29, 1.82) is 0 Å². The van der Waals surface area contributed by atoms with Crippen molar-refractivity contribution in [3.05, 3.63) is 33.9 Å². The molecule has 110 valence electrons. The Morgan fingerprint density at radius 2 is 2.20 bits per heavy atom. The first-order chi connectivity index (χ1) is 9.49. The number of hydrogen-bond acceptors (Lipinski definition) is 5. The van der Waals surface area contributed by atoms with Crippen molar-refractivity contribution in [3.8, 4) is 0 Å². The molecule has 1 aromatic rings. The molecule has 7 nitrogen and oxygen atoms in total. The molecule has 0 heterocycles. The Kier molecular flexibility index (Phi) is 5.92. The van der Waals surface area contributed by atoms with Crippen molar-refractivity contribution in [2.75, 3.05) is 18.5 Å². The number of nitrogens with one attached hydrogen (secondary N) is 1. The molecule has 0 radical (unpaired) electrons. The van der Waals surface area contributed by atoms with E-state index in [9.17, 15) is 14.9 Å². The number of aliphatic hydroxyl groups excluding tert-OH is 1. The quantitative estimate of drug-likeness (QED) is 0.497. The predicted octanol–water partition coefficient (Wildman–Crippen LogP) is 2.11. The molecule has 0 aliphatic heterocycles. The summed E-state index contributed by atoms with van der Waals surface area (Å²) < 4.78 is 0. The molecule has 1 aromatic carbocycles. The average molecular weight is 282 g/mol. The number of rotatable bonds is 8. The summed E-state index contributed by atoms with van der Waals surface area (Å²) >= 11 is 0. The topological polar surface area (TPSA) is 113 Å². The second-order valence-corrected chi connectivity index (χ2v) is 4.46. The highest BCUT2D eigenvalue weighted by atomic mass is 16.6. The molecule has 0 bridgehead atoms. The van der Waals surface area contributed by atoms with Crippen LogP contribution in [0.3, 0.4) is 0 Å². The number of aromatic carboxylic acids is 1. The Balaban J connectivity index is 2.89. The largest absolute Gasteiger partial charge is 0.478 e. The lowest BCUT2D eigenvalue weighted by Crippen LogP contribution is -2.16. The maximum Gasteiger partial charge on any atom is 0.338 e. The second-order valence-electron chi connectivity index (χ2n) is 4.46. The van der Waals surface area contributed by atoms with Crippen molar-refractivity contribution >= 4 is 17.3 Å². The first-order valence-electron chi connectivity index (χ1n) is 6.36. The van der Waals surface area contributed by atoms with Gasteiger partial charge >= 0.3 is 5.97 Å². The molecule has 0 aromatic heterocycles. The van der Waals surface area contributed by atoms with E-state index in [4.69, 9.17) is 10.2 Å². The van der Waals surface area contributed by atoms with E-state index in [-0.39, 0.29) is 23.8 Å². The first kappa shape index (κ1) is 15.9. The number of anilines is 1. The van der Waals surface area contributed by atoms with Crippen LogP contribution in [0.25, 0.3) is 0 Å². The van der Waals surface area contributed by atoms with E-state index in [1.165, 1.54) is 12.1 Å². The van der Waals surface area contributed by atoms with Crippen molar-refractivity contribution < 1.29 is 19.9 Å². The van der Waals surface area contributed by atoms with Gasteiger partial charge in [0, 0.05) is 31.0 Å². The predicted molar refractivity (Wildman–Crippen MR) is 74.0 cm³/mol. The van der Waals surface area contributed by atoms with Crippen molar-refractivity contribution in [2.45, 2.75) is 19.8 Å². The lowest BCUT2D eigenvalue weighted by atomic mass is 10.0. The number of non-ortho nitro benzene ring substituents is 1. The summed E-state index contributed by atoms with van der Waals surface area (Å²) in [7, 11) is 0. The molecule has 0 aliphatic carbocycles. The Bertz CT molecular complexity index is 490. The summed E-state index contributed by atoms with van der Waals surface area (Å²) in [6.45, 7) is 2.57. The zero-order valence-electron chi connectivity index (χ0n) is 11.2. The van der Waals surface area contributed by atoms with Crippen LogP contribution < -0.4 is 5.32 Å². The van der Waals surface area contributed by atoms with E-state index in [0.717, 1.165) is 12.5 Å².